The first-order valence-corrected chi connectivity index (χ1v) is 6.40. The molecule has 84 valence electrons. The predicted octanol–water partition coefficient (Wildman–Crippen LogP) is 2.76. The van der Waals surface area contributed by atoms with E-state index < -0.39 is 0 Å². The summed E-state index contributed by atoms with van der Waals surface area (Å²) >= 11 is 3.46. The van der Waals surface area contributed by atoms with Gasteiger partial charge in [-0.25, -0.2) is 0 Å². The van der Waals surface area contributed by atoms with E-state index in [1.54, 1.807) is 0 Å². The molecule has 3 rings (SSSR count). The molecule has 16 heavy (non-hydrogen) atoms. The second-order valence-corrected chi connectivity index (χ2v) is 5.28. The summed E-state index contributed by atoms with van der Waals surface area (Å²) in [7, 11) is 0. The van der Waals surface area contributed by atoms with E-state index in [1.165, 1.54) is 6.42 Å². The number of nitrogens with one attached hydrogen (secondary N) is 1. The van der Waals surface area contributed by atoms with E-state index in [1.807, 2.05) is 23.1 Å². The maximum atomic E-state index is 12.0. The number of benzene rings is 1. The Labute approximate surface area is 103 Å². The van der Waals surface area contributed by atoms with Gasteiger partial charge in [-0.05, 0) is 37.5 Å². The molecule has 1 fully saturated rings. The summed E-state index contributed by atoms with van der Waals surface area (Å²) < 4.78 is 1.02. The van der Waals surface area contributed by atoms with E-state index in [4.69, 9.17) is 0 Å². The molecule has 1 N–H and O–H groups in total. The smallest absolute Gasteiger partial charge is 0.246 e. The van der Waals surface area contributed by atoms with E-state index in [0.717, 1.165) is 28.7 Å². The van der Waals surface area contributed by atoms with Crippen LogP contribution in [0.5, 0.6) is 0 Å². The third kappa shape index (κ3) is 1.52. The Morgan fingerprint density at radius 2 is 2.19 bits per heavy atom. The molecule has 1 saturated carbocycles. The van der Waals surface area contributed by atoms with Crippen LogP contribution in [-0.2, 0) is 4.79 Å². The van der Waals surface area contributed by atoms with Gasteiger partial charge in [0.15, 0.2) is 0 Å². The van der Waals surface area contributed by atoms with Crippen molar-refractivity contribution in [1.29, 1.82) is 0 Å². The molecule has 0 radical (unpaired) electrons. The van der Waals surface area contributed by atoms with Crippen LogP contribution in [0.4, 0.5) is 11.4 Å². The van der Waals surface area contributed by atoms with Crippen molar-refractivity contribution in [2.45, 2.75) is 25.3 Å². The van der Waals surface area contributed by atoms with Crippen molar-refractivity contribution in [2.24, 2.45) is 0 Å². The minimum Gasteiger partial charge on any atom is -0.374 e. The zero-order valence-corrected chi connectivity index (χ0v) is 10.5. The van der Waals surface area contributed by atoms with E-state index in [-0.39, 0.29) is 5.91 Å². The van der Waals surface area contributed by atoms with E-state index in [2.05, 4.69) is 21.2 Å². The number of rotatable bonds is 1. The van der Waals surface area contributed by atoms with Crippen LogP contribution < -0.4 is 10.2 Å². The predicted molar refractivity (Wildman–Crippen MR) is 67.8 cm³/mol. The Bertz CT molecular complexity index is 443. The van der Waals surface area contributed by atoms with Crippen molar-refractivity contribution < 1.29 is 4.79 Å². The number of carbonyl (C=O) groups excluding carboxylic acids is 1. The Hall–Kier alpha value is -1.03. The van der Waals surface area contributed by atoms with Gasteiger partial charge in [-0.3, -0.25) is 4.79 Å². The molecule has 1 aromatic carbocycles. The number of hydrogen-bond acceptors (Lipinski definition) is 2. The summed E-state index contributed by atoms with van der Waals surface area (Å²) in [5.74, 6) is 0.190. The first-order chi connectivity index (χ1) is 7.75. The SMILES string of the molecule is O=C1CNc2ccc(Br)cc2N1C1CCC1. The lowest BCUT2D eigenvalue weighted by molar-refractivity contribution is -0.118. The second kappa shape index (κ2) is 3.77. The van der Waals surface area contributed by atoms with Crippen molar-refractivity contribution >= 4 is 33.2 Å². The molecule has 0 unspecified atom stereocenters. The second-order valence-electron chi connectivity index (χ2n) is 4.36. The third-order valence-corrected chi connectivity index (χ3v) is 3.85. The summed E-state index contributed by atoms with van der Waals surface area (Å²) in [6.07, 6.45) is 3.51. The maximum Gasteiger partial charge on any atom is 0.246 e. The highest BCUT2D eigenvalue weighted by molar-refractivity contribution is 9.10. The normalized spacial score (nSPS) is 20.1. The lowest BCUT2D eigenvalue weighted by Crippen LogP contribution is -2.49. The van der Waals surface area contributed by atoms with Crippen LogP contribution in [0, 0.1) is 0 Å². The topological polar surface area (TPSA) is 32.3 Å². The van der Waals surface area contributed by atoms with Gasteiger partial charge < -0.3 is 10.2 Å². The number of fused-ring (bicyclic) bond motifs is 1. The largest absolute Gasteiger partial charge is 0.374 e. The van der Waals surface area contributed by atoms with Crippen molar-refractivity contribution in [1.82, 2.24) is 0 Å². The molecule has 0 aromatic heterocycles. The van der Waals surface area contributed by atoms with Crippen LogP contribution in [0.3, 0.4) is 0 Å². The fourth-order valence-corrected chi connectivity index (χ4v) is 2.64. The molecule has 4 heteroatoms. The fourth-order valence-electron chi connectivity index (χ4n) is 2.29. The molecule has 2 aliphatic rings. The van der Waals surface area contributed by atoms with Crippen molar-refractivity contribution in [3.8, 4) is 0 Å². The summed E-state index contributed by atoms with van der Waals surface area (Å²) in [5.41, 5.74) is 2.09. The molecule has 3 nitrogen and oxygen atoms in total. The highest BCUT2D eigenvalue weighted by atomic mass is 79.9. The van der Waals surface area contributed by atoms with Gasteiger partial charge in [0.1, 0.15) is 0 Å². The number of halogens is 1. The number of hydrogen-bond donors (Lipinski definition) is 1. The number of anilines is 2. The summed E-state index contributed by atoms with van der Waals surface area (Å²) in [4.78, 5) is 13.9. The minimum absolute atomic E-state index is 0.190. The van der Waals surface area contributed by atoms with Crippen LogP contribution in [0.25, 0.3) is 0 Å². The zero-order chi connectivity index (χ0) is 11.1. The van der Waals surface area contributed by atoms with Gasteiger partial charge >= 0.3 is 0 Å². The van der Waals surface area contributed by atoms with Crippen LogP contribution in [-0.4, -0.2) is 18.5 Å². The fraction of sp³-hybridized carbons (Fsp3) is 0.417. The van der Waals surface area contributed by atoms with E-state index >= 15 is 0 Å². The highest BCUT2D eigenvalue weighted by Gasteiger charge is 2.33. The van der Waals surface area contributed by atoms with Gasteiger partial charge in [-0.15, -0.1) is 0 Å². The quantitative estimate of drug-likeness (QED) is 0.858. The van der Waals surface area contributed by atoms with Gasteiger partial charge in [0.2, 0.25) is 5.91 Å². The standard InChI is InChI=1S/C12H13BrN2O/c13-8-4-5-10-11(6-8)15(9-2-1-3-9)12(16)7-14-10/h4-6,9,14H,1-3,7H2. The summed E-state index contributed by atoms with van der Waals surface area (Å²) in [5, 5.41) is 3.16. The molecule has 0 bridgehead atoms. The molecule has 1 aromatic rings. The van der Waals surface area contributed by atoms with Gasteiger partial charge in [-0.2, -0.15) is 0 Å². The first-order valence-electron chi connectivity index (χ1n) is 5.61. The zero-order valence-electron chi connectivity index (χ0n) is 8.87. The van der Waals surface area contributed by atoms with Crippen molar-refractivity contribution in [2.75, 3.05) is 16.8 Å². The molecule has 1 aliphatic heterocycles. The molecule has 1 heterocycles. The Balaban J connectivity index is 2.04. The van der Waals surface area contributed by atoms with Gasteiger partial charge in [0.05, 0.1) is 17.9 Å². The number of amides is 1. The molecule has 1 amide bonds. The molecule has 0 saturated heterocycles. The molecule has 0 atom stereocenters. The summed E-state index contributed by atoms with van der Waals surface area (Å²) in [6, 6.07) is 6.47. The molecule has 0 spiro atoms. The summed E-state index contributed by atoms with van der Waals surface area (Å²) in [6.45, 7) is 0.422. The average Bonchev–Trinajstić information content (AvgIpc) is 2.20. The maximum absolute atomic E-state index is 12.0. The van der Waals surface area contributed by atoms with E-state index in [9.17, 15) is 4.79 Å². The van der Waals surface area contributed by atoms with Crippen LogP contribution in [0.15, 0.2) is 22.7 Å². The van der Waals surface area contributed by atoms with Crippen LogP contribution >= 0.6 is 15.9 Å². The average molecular weight is 281 g/mol. The number of carbonyl (C=O) groups is 1. The lowest BCUT2D eigenvalue weighted by atomic mass is 9.90. The Morgan fingerprint density at radius 3 is 2.88 bits per heavy atom. The number of nitrogens with zero attached hydrogens (tertiary/aromatic N) is 1. The van der Waals surface area contributed by atoms with Gasteiger partial charge in [0, 0.05) is 10.5 Å². The van der Waals surface area contributed by atoms with Crippen LogP contribution in [0.1, 0.15) is 19.3 Å². The highest BCUT2D eigenvalue weighted by Crippen LogP contribution is 2.37. The first kappa shape index (κ1) is 10.1. The molecular formula is C12H13BrN2O. The molecule has 1 aliphatic carbocycles. The van der Waals surface area contributed by atoms with Gasteiger partial charge in [0.25, 0.3) is 0 Å². The van der Waals surface area contributed by atoms with Crippen LogP contribution in [0.2, 0.25) is 0 Å². The van der Waals surface area contributed by atoms with E-state index in [0.29, 0.717) is 12.6 Å². The minimum atomic E-state index is 0.190. The van der Waals surface area contributed by atoms with Crippen molar-refractivity contribution in [3.05, 3.63) is 22.7 Å². The monoisotopic (exact) mass is 280 g/mol. The third-order valence-electron chi connectivity index (χ3n) is 3.36. The lowest BCUT2D eigenvalue weighted by Gasteiger charge is -2.41. The van der Waals surface area contributed by atoms with Crippen molar-refractivity contribution in [3.63, 3.8) is 0 Å². The Kier molecular flexibility index (Phi) is 2.39. The Morgan fingerprint density at radius 1 is 1.38 bits per heavy atom. The molecular weight excluding hydrogens is 268 g/mol. The van der Waals surface area contributed by atoms with Gasteiger partial charge in [-0.1, -0.05) is 15.9 Å².